The molecular weight excluding hydrogens is 242 g/mol. The maximum Gasteiger partial charge on any atom is 0.261 e. The molecule has 1 aliphatic heterocycles. The number of ether oxygens (including phenoxy) is 1. The summed E-state index contributed by atoms with van der Waals surface area (Å²) in [5.74, 6) is 1.39. The van der Waals surface area contributed by atoms with Gasteiger partial charge in [0.25, 0.3) is 5.91 Å². The van der Waals surface area contributed by atoms with Crippen LogP contribution in [0, 0.1) is 5.92 Å². The quantitative estimate of drug-likeness (QED) is 0.822. The van der Waals surface area contributed by atoms with Crippen LogP contribution in [0.15, 0.2) is 24.3 Å². The van der Waals surface area contributed by atoms with Crippen LogP contribution in [0.1, 0.15) is 36.0 Å². The number of rotatable bonds is 5. The summed E-state index contributed by atoms with van der Waals surface area (Å²) in [5, 5.41) is 2.73. The van der Waals surface area contributed by atoms with Gasteiger partial charge in [0.2, 0.25) is 0 Å². The van der Waals surface area contributed by atoms with Crippen molar-refractivity contribution >= 4 is 11.7 Å². The van der Waals surface area contributed by atoms with Gasteiger partial charge >= 0.3 is 0 Å². The van der Waals surface area contributed by atoms with Crippen molar-refractivity contribution < 1.29 is 14.3 Å². The third kappa shape index (κ3) is 2.95. The normalized spacial score (nSPS) is 22.1. The van der Waals surface area contributed by atoms with E-state index in [9.17, 15) is 9.59 Å². The average molecular weight is 259 g/mol. The Labute approximate surface area is 112 Å². The number of Topliss-reactive ketones (excluding diaryl/α,β-unsaturated/α-hetero) is 1. The van der Waals surface area contributed by atoms with Crippen molar-refractivity contribution in [1.82, 2.24) is 5.32 Å². The number of carbonyl (C=O) groups is 2. The zero-order valence-electron chi connectivity index (χ0n) is 10.7. The average Bonchev–Trinajstić information content (AvgIpc) is 3.14. The van der Waals surface area contributed by atoms with Crippen LogP contribution in [-0.4, -0.2) is 24.3 Å². The first-order chi connectivity index (χ1) is 9.22. The highest BCUT2D eigenvalue weighted by molar-refractivity contribution is 5.96. The molecule has 4 nitrogen and oxygen atoms in total. The van der Waals surface area contributed by atoms with Crippen molar-refractivity contribution in [3.63, 3.8) is 0 Å². The molecule has 100 valence electrons. The molecular formula is C15H17NO3. The van der Waals surface area contributed by atoms with E-state index in [0.717, 1.165) is 5.56 Å². The Morgan fingerprint density at radius 1 is 1.21 bits per heavy atom. The zero-order valence-corrected chi connectivity index (χ0v) is 10.7. The van der Waals surface area contributed by atoms with Crippen molar-refractivity contribution in [2.24, 2.45) is 5.92 Å². The van der Waals surface area contributed by atoms with Gasteiger partial charge in [0.1, 0.15) is 5.75 Å². The van der Waals surface area contributed by atoms with E-state index in [2.05, 4.69) is 5.32 Å². The number of ketones is 1. The lowest BCUT2D eigenvalue weighted by molar-refractivity contribution is -0.124. The van der Waals surface area contributed by atoms with Crippen LogP contribution in [0.5, 0.6) is 5.75 Å². The molecule has 1 aromatic carbocycles. The monoisotopic (exact) mass is 259 g/mol. The molecule has 1 atom stereocenters. The van der Waals surface area contributed by atoms with Crippen molar-refractivity contribution in [3.05, 3.63) is 29.8 Å². The van der Waals surface area contributed by atoms with Crippen LogP contribution in [0.25, 0.3) is 0 Å². The minimum absolute atomic E-state index is 0.0612. The van der Waals surface area contributed by atoms with Crippen molar-refractivity contribution in [1.29, 1.82) is 0 Å². The molecule has 19 heavy (non-hydrogen) atoms. The first-order valence-electron chi connectivity index (χ1n) is 6.80. The van der Waals surface area contributed by atoms with E-state index in [-0.39, 0.29) is 11.7 Å². The fraction of sp³-hybridized carbons (Fsp3) is 0.467. The summed E-state index contributed by atoms with van der Waals surface area (Å²) in [6.45, 7) is 0.668. The summed E-state index contributed by atoms with van der Waals surface area (Å²) in [6, 6.07) is 7.11. The fourth-order valence-electron chi connectivity index (χ4n) is 2.27. The van der Waals surface area contributed by atoms with Crippen LogP contribution in [0.2, 0.25) is 0 Å². The van der Waals surface area contributed by atoms with Gasteiger partial charge in [0, 0.05) is 24.9 Å². The molecule has 0 spiro atoms. The second-order valence-electron chi connectivity index (χ2n) is 5.28. The molecule has 3 rings (SSSR count). The van der Waals surface area contributed by atoms with Gasteiger partial charge in [0.15, 0.2) is 11.9 Å². The van der Waals surface area contributed by atoms with Gasteiger partial charge in [-0.25, -0.2) is 0 Å². The Kier molecular flexibility index (Phi) is 3.23. The molecule has 1 aliphatic carbocycles. The number of nitrogens with one attached hydrogen (secondary N) is 1. The predicted molar refractivity (Wildman–Crippen MR) is 70.2 cm³/mol. The minimum atomic E-state index is -0.395. The first kappa shape index (κ1) is 12.2. The minimum Gasteiger partial charge on any atom is -0.481 e. The number of benzene rings is 1. The van der Waals surface area contributed by atoms with Crippen LogP contribution in [0.4, 0.5) is 0 Å². The highest BCUT2D eigenvalue weighted by Crippen LogP contribution is 2.33. The number of hydrogen-bond donors (Lipinski definition) is 1. The van der Waals surface area contributed by atoms with Crippen LogP contribution in [-0.2, 0) is 4.79 Å². The van der Waals surface area contributed by atoms with E-state index in [1.165, 1.54) is 12.8 Å². The third-order valence-corrected chi connectivity index (χ3v) is 3.62. The number of hydrogen-bond acceptors (Lipinski definition) is 3. The Morgan fingerprint density at radius 2 is 1.95 bits per heavy atom. The molecule has 4 heteroatoms. The Hall–Kier alpha value is -1.84. The Morgan fingerprint density at radius 3 is 2.53 bits per heavy atom. The third-order valence-electron chi connectivity index (χ3n) is 3.62. The number of amides is 1. The van der Waals surface area contributed by atoms with Gasteiger partial charge in [-0.1, -0.05) is 0 Å². The van der Waals surface area contributed by atoms with E-state index in [1.54, 1.807) is 24.3 Å². The summed E-state index contributed by atoms with van der Waals surface area (Å²) >= 11 is 0. The van der Waals surface area contributed by atoms with Gasteiger partial charge in [0.05, 0.1) is 0 Å². The standard InChI is InChI=1S/C15H17NO3/c17-13(9-10-1-2-10)11-3-5-12(6-4-11)19-14-7-8-16-15(14)18/h3-6,10,14H,1-2,7-9H2,(H,16,18). The van der Waals surface area contributed by atoms with E-state index in [0.29, 0.717) is 31.1 Å². The van der Waals surface area contributed by atoms with Gasteiger partial charge < -0.3 is 10.1 Å². The lowest BCUT2D eigenvalue weighted by Gasteiger charge is -2.11. The summed E-state index contributed by atoms with van der Waals surface area (Å²) < 4.78 is 5.59. The topological polar surface area (TPSA) is 55.4 Å². The van der Waals surface area contributed by atoms with E-state index >= 15 is 0 Å². The molecule has 1 saturated carbocycles. The highest BCUT2D eigenvalue weighted by atomic mass is 16.5. The molecule has 2 fully saturated rings. The van der Waals surface area contributed by atoms with Crippen molar-refractivity contribution in [2.45, 2.75) is 31.8 Å². The molecule has 1 aromatic rings. The van der Waals surface area contributed by atoms with Gasteiger partial charge in [-0.2, -0.15) is 0 Å². The second-order valence-corrected chi connectivity index (χ2v) is 5.28. The van der Waals surface area contributed by atoms with E-state index < -0.39 is 6.10 Å². The van der Waals surface area contributed by atoms with Gasteiger partial charge in [-0.15, -0.1) is 0 Å². The smallest absolute Gasteiger partial charge is 0.261 e. The highest BCUT2D eigenvalue weighted by Gasteiger charge is 2.26. The zero-order chi connectivity index (χ0) is 13.2. The summed E-state index contributed by atoms with van der Waals surface area (Å²) in [7, 11) is 0. The van der Waals surface area contributed by atoms with Crippen molar-refractivity contribution in [2.75, 3.05) is 6.54 Å². The maximum absolute atomic E-state index is 11.9. The maximum atomic E-state index is 11.9. The largest absolute Gasteiger partial charge is 0.481 e. The lowest BCUT2D eigenvalue weighted by atomic mass is 10.1. The van der Waals surface area contributed by atoms with Crippen LogP contribution in [0.3, 0.4) is 0 Å². The van der Waals surface area contributed by atoms with Gasteiger partial charge in [-0.3, -0.25) is 9.59 Å². The lowest BCUT2D eigenvalue weighted by Crippen LogP contribution is -2.27. The second kappa shape index (κ2) is 5.03. The Balaban J connectivity index is 1.61. The first-order valence-corrected chi connectivity index (χ1v) is 6.80. The summed E-state index contributed by atoms with van der Waals surface area (Å²) in [6.07, 6.45) is 3.33. The molecule has 1 N–H and O–H groups in total. The van der Waals surface area contributed by atoms with Crippen LogP contribution >= 0.6 is 0 Å². The summed E-state index contributed by atoms with van der Waals surface area (Å²) in [5.41, 5.74) is 0.732. The number of carbonyl (C=O) groups excluding carboxylic acids is 2. The molecule has 1 amide bonds. The van der Waals surface area contributed by atoms with E-state index in [4.69, 9.17) is 4.74 Å². The molecule has 0 radical (unpaired) electrons. The van der Waals surface area contributed by atoms with Crippen molar-refractivity contribution in [3.8, 4) is 5.75 Å². The molecule has 1 heterocycles. The predicted octanol–water partition coefficient (Wildman–Crippen LogP) is 1.94. The molecule has 1 saturated heterocycles. The molecule has 1 unspecified atom stereocenters. The summed E-state index contributed by atoms with van der Waals surface area (Å²) in [4.78, 5) is 23.3. The molecule has 2 aliphatic rings. The van der Waals surface area contributed by atoms with E-state index in [1.807, 2.05) is 0 Å². The van der Waals surface area contributed by atoms with Crippen LogP contribution < -0.4 is 10.1 Å². The SMILES string of the molecule is O=C(CC1CC1)c1ccc(OC2CCNC2=O)cc1. The Bertz CT molecular complexity index is 491. The molecule has 0 bridgehead atoms. The molecule has 0 aromatic heterocycles. The fourth-order valence-corrected chi connectivity index (χ4v) is 2.27. The van der Waals surface area contributed by atoms with Gasteiger partial charge in [-0.05, 0) is 43.0 Å².